The topological polar surface area (TPSA) is 70.7 Å². The second-order valence-corrected chi connectivity index (χ2v) is 7.20. The number of rotatable bonds is 11. The summed E-state index contributed by atoms with van der Waals surface area (Å²) in [6, 6.07) is 6.82. The molecule has 2 rings (SSSR count). The van der Waals surface area contributed by atoms with Crippen LogP contribution in [0.4, 0.5) is 13.6 Å². The molecule has 0 bridgehead atoms. The highest BCUT2D eigenvalue weighted by molar-refractivity contribution is 7.97. The number of imide groups is 1. The molecule has 6 nitrogen and oxygen atoms in total. The summed E-state index contributed by atoms with van der Waals surface area (Å²) in [5, 5.41) is 2.29. The molecule has 1 heterocycles. The van der Waals surface area contributed by atoms with E-state index in [0.717, 1.165) is 17.7 Å². The van der Waals surface area contributed by atoms with E-state index in [1.807, 2.05) is 25.1 Å². The Balaban J connectivity index is 1.63. The molecule has 28 heavy (non-hydrogen) atoms. The van der Waals surface area contributed by atoms with Crippen molar-refractivity contribution in [3.63, 3.8) is 0 Å². The molecule has 1 atom stereocenters. The number of allylic oxidation sites excluding steroid dienone is 1. The van der Waals surface area contributed by atoms with Crippen LogP contribution in [0.15, 0.2) is 36.4 Å². The third kappa shape index (κ3) is 7.85. The molecular weight excluding hydrogens is 388 g/mol. The van der Waals surface area contributed by atoms with Gasteiger partial charge in [0.1, 0.15) is 12.4 Å². The number of nitrogens with one attached hydrogen (secondary N) is 2. The van der Waals surface area contributed by atoms with Crippen LogP contribution in [0.1, 0.15) is 31.4 Å². The van der Waals surface area contributed by atoms with Crippen molar-refractivity contribution in [1.82, 2.24) is 14.9 Å². The molecule has 154 valence electrons. The molecule has 2 N–H and O–H groups in total. The van der Waals surface area contributed by atoms with E-state index in [-0.39, 0.29) is 18.0 Å². The summed E-state index contributed by atoms with van der Waals surface area (Å²) >= 11 is 1.57. The zero-order chi connectivity index (χ0) is 20.4. The third-order valence-electron chi connectivity index (χ3n) is 4.02. The van der Waals surface area contributed by atoms with Crippen molar-refractivity contribution in [3.05, 3.63) is 42.0 Å². The maximum Gasteiger partial charge on any atom is 0.324 e. The standard InChI is InChI=1S/C19H25F2N3O3S/c1-14(15-6-5-7-16(12-15)27-13-17(20)21)23-28-11-4-2-3-9-24-10-8-18(25)22-19(24)26/h2-3,5-7,12,14,17,23H,4,8-11,13H2,1H3,(H,22,25,26)/b3-2+. The molecule has 0 aromatic heterocycles. The van der Waals surface area contributed by atoms with Gasteiger partial charge in [-0.05, 0) is 31.0 Å². The predicted octanol–water partition coefficient (Wildman–Crippen LogP) is 3.52. The zero-order valence-corrected chi connectivity index (χ0v) is 16.5. The summed E-state index contributed by atoms with van der Waals surface area (Å²) in [4.78, 5) is 24.2. The summed E-state index contributed by atoms with van der Waals surface area (Å²) in [5.41, 5.74) is 0.959. The van der Waals surface area contributed by atoms with Gasteiger partial charge < -0.3 is 9.64 Å². The summed E-state index contributed by atoms with van der Waals surface area (Å²) in [5.74, 6) is 1.04. The Morgan fingerprint density at radius 2 is 2.18 bits per heavy atom. The number of ether oxygens (including phenoxy) is 1. The lowest BCUT2D eigenvalue weighted by molar-refractivity contribution is -0.121. The first-order valence-corrected chi connectivity index (χ1v) is 10.1. The lowest BCUT2D eigenvalue weighted by Gasteiger charge is -2.25. The number of amides is 3. The number of hydrogen-bond donors (Lipinski definition) is 2. The second kappa shape index (κ2) is 11.7. The molecule has 3 amide bonds. The number of carbonyl (C=O) groups is 2. The van der Waals surface area contributed by atoms with E-state index < -0.39 is 13.0 Å². The van der Waals surface area contributed by atoms with Crippen molar-refractivity contribution >= 4 is 23.9 Å². The summed E-state index contributed by atoms with van der Waals surface area (Å²) in [6.07, 6.45) is 2.60. The molecule has 1 aromatic carbocycles. The van der Waals surface area contributed by atoms with Crippen LogP contribution in [0.5, 0.6) is 5.75 Å². The van der Waals surface area contributed by atoms with Crippen LogP contribution in [0.3, 0.4) is 0 Å². The van der Waals surface area contributed by atoms with Crippen molar-refractivity contribution in [3.8, 4) is 5.75 Å². The lowest BCUT2D eigenvalue weighted by Crippen LogP contribution is -2.49. The highest BCUT2D eigenvalue weighted by Gasteiger charge is 2.21. The van der Waals surface area contributed by atoms with Crippen LogP contribution < -0.4 is 14.8 Å². The largest absolute Gasteiger partial charge is 0.488 e. The molecule has 1 aliphatic rings. The highest BCUT2D eigenvalue weighted by atomic mass is 32.2. The molecule has 1 unspecified atom stereocenters. The van der Waals surface area contributed by atoms with Crippen molar-refractivity contribution in [1.29, 1.82) is 0 Å². The Morgan fingerprint density at radius 1 is 1.36 bits per heavy atom. The van der Waals surface area contributed by atoms with Gasteiger partial charge >= 0.3 is 6.03 Å². The number of halogens is 2. The van der Waals surface area contributed by atoms with Gasteiger partial charge in [-0.3, -0.25) is 14.8 Å². The third-order valence-corrected chi connectivity index (χ3v) is 4.98. The van der Waals surface area contributed by atoms with Gasteiger partial charge in [-0.25, -0.2) is 13.6 Å². The molecule has 1 saturated heterocycles. The van der Waals surface area contributed by atoms with Crippen molar-refractivity contribution in [2.24, 2.45) is 0 Å². The van der Waals surface area contributed by atoms with Gasteiger partial charge in [0.15, 0.2) is 0 Å². The van der Waals surface area contributed by atoms with Crippen LogP contribution in [-0.2, 0) is 4.79 Å². The second-order valence-electron chi connectivity index (χ2n) is 6.27. The van der Waals surface area contributed by atoms with Gasteiger partial charge in [-0.1, -0.05) is 36.2 Å². The molecule has 1 aliphatic heterocycles. The number of benzene rings is 1. The molecule has 0 aliphatic carbocycles. The summed E-state index contributed by atoms with van der Waals surface area (Å²) in [7, 11) is 0. The number of nitrogens with zero attached hydrogens (tertiary/aromatic N) is 1. The molecule has 0 saturated carbocycles. The van der Waals surface area contributed by atoms with E-state index in [0.29, 0.717) is 25.3 Å². The maximum absolute atomic E-state index is 12.2. The average Bonchev–Trinajstić information content (AvgIpc) is 2.67. The Bertz CT molecular complexity index is 688. The minimum atomic E-state index is -2.49. The Morgan fingerprint density at radius 3 is 2.93 bits per heavy atom. The number of alkyl halides is 2. The van der Waals surface area contributed by atoms with E-state index in [4.69, 9.17) is 4.74 Å². The monoisotopic (exact) mass is 413 g/mol. The van der Waals surface area contributed by atoms with Crippen LogP contribution >= 0.6 is 11.9 Å². The lowest BCUT2D eigenvalue weighted by atomic mass is 10.1. The van der Waals surface area contributed by atoms with Gasteiger partial charge in [0, 0.05) is 31.3 Å². The predicted molar refractivity (Wildman–Crippen MR) is 105 cm³/mol. The Hall–Kier alpha value is -2.13. The van der Waals surface area contributed by atoms with Crippen LogP contribution in [-0.4, -0.2) is 48.7 Å². The molecule has 1 fully saturated rings. The normalized spacial score (nSPS) is 15.9. The molecule has 9 heteroatoms. The number of hydrogen-bond acceptors (Lipinski definition) is 5. The smallest absolute Gasteiger partial charge is 0.324 e. The first-order valence-electron chi connectivity index (χ1n) is 9.07. The summed E-state index contributed by atoms with van der Waals surface area (Å²) in [6.45, 7) is 2.31. The molecule has 0 spiro atoms. The van der Waals surface area contributed by atoms with Gasteiger partial charge in [0.25, 0.3) is 6.43 Å². The minimum absolute atomic E-state index is 0.0404. The fourth-order valence-electron chi connectivity index (χ4n) is 2.50. The fourth-order valence-corrected chi connectivity index (χ4v) is 3.26. The van der Waals surface area contributed by atoms with E-state index in [9.17, 15) is 18.4 Å². The molecule has 0 radical (unpaired) electrons. The van der Waals surface area contributed by atoms with Crippen molar-refractivity contribution < 1.29 is 23.1 Å². The van der Waals surface area contributed by atoms with Gasteiger partial charge in [0.2, 0.25) is 5.91 Å². The first-order chi connectivity index (χ1) is 13.5. The molecule has 1 aromatic rings. The average molecular weight is 413 g/mol. The quantitative estimate of drug-likeness (QED) is 0.330. The van der Waals surface area contributed by atoms with Gasteiger partial charge in [0.05, 0.1) is 0 Å². The van der Waals surface area contributed by atoms with E-state index in [1.165, 1.54) is 0 Å². The van der Waals surface area contributed by atoms with Crippen LogP contribution in [0, 0.1) is 0 Å². The first kappa shape index (κ1) is 22.2. The minimum Gasteiger partial charge on any atom is -0.488 e. The highest BCUT2D eigenvalue weighted by Crippen LogP contribution is 2.21. The Labute approximate surface area is 167 Å². The van der Waals surface area contributed by atoms with Crippen molar-refractivity contribution in [2.45, 2.75) is 32.2 Å². The summed E-state index contributed by atoms with van der Waals surface area (Å²) < 4.78 is 32.8. The SMILES string of the molecule is CC(NSCC/C=C/CN1CCC(=O)NC1=O)c1cccc(OCC(F)F)c1. The van der Waals surface area contributed by atoms with Gasteiger partial charge in [-0.15, -0.1) is 0 Å². The maximum atomic E-state index is 12.2. The number of carbonyl (C=O) groups excluding carboxylic acids is 2. The van der Waals surface area contributed by atoms with E-state index in [2.05, 4.69) is 10.0 Å². The van der Waals surface area contributed by atoms with E-state index in [1.54, 1.807) is 35.0 Å². The van der Waals surface area contributed by atoms with Crippen LogP contribution in [0.2, 0.25) is 0 Å². The number of urea groups is 1. The van der Waals surface area contributed by atoms with E-state index >= 15 is 0 Å². The zero-order valence-electron chi connectivity index (χ0n) is 15.7. The Kier molecular flexibility index (Phi) is 9.22. The van der Waals surface area contributed by atoms with Crippen molar-refractivity contribution in [2.75, 3.05) is 25.4 Å². The molecular formula is C19H25F2N3O3S. The van der Waals surface area contributed by atoms with Gasteiger partial charge in [-0.2, -0.15) is 0 Å². The fraction of sp³-hybridized carbons (Fsp3) is 0.474. The van der Waals surface area contributed by atoms with Crippen LogP contribution in [0.25, 0.3) is 0 Å².